The van der Waals surface area contributed by atoms with Gasteiger partial charge in [0.05, 0.1) is 16.3 Å². The third kappa shape index (κ3) is 3.71. The number of amides is 2. The number of carbonyl (C=O) groups excluding carboxylic acids is 1. The van der Waals surface area contributed by atoms with Crippen molar-refractivity contribution in [2.24, 2.45) is 0 Å². The van der Waals surface area contributed by atoms with Crippen LogP contribution in [-0.2, 0) is 0 Å². The normalized spacial score (nSPS) is 10.2. The van der Waals surface area contributed by atoms with Crippen LogP contribution in [0.25, 0.3) is 0 Å². The number of urea groups is 1. The molecule has 0 atom stereocenters. The van der Waals surface area contributed by atoms with Crippen molar-refractivity contribution in [1.29, 1.82) is 0 Å². The number of rotatable bonds is 3. The molecule has 2 rings (SSSR count). The van der Waals surface area contributed by atoms with Crippen LogP contribution < -0.4 is 10.6 Å². The van der Waals surface area contributed by atoms with Crippen LogP contribution in [0.3, 0.4) is 0 Å². The maximum absolute atomic E-state index is 11.8. The molecule has 0 spiro atoms. The highest BCUT2D eigenvalue weighted by Gasteiger charge is 2.12. The third-order valence-corrected chi connectivity index (χ3v) is 4.02. The highest BCUT2D eigenvalue weighted by Crippen LogP contribution is 2.23. The lowest BCUT2D eigenvalue weighted by atomic mass is 10.2. The second kappa shape index (κ2) is 6.11. The zero-order chi connectivity index (χ0) is 15.6. The molecule has 110 valence electrons. The monoisotopic (exact) mass is 325 g/mol. The minimum Gasteiger partial charge on any atom is -0.478 e. The Morgan fingerprint density at radius 3 is 2.57 bits per heavy atom. The molecule has 8 heteroatoms. The minimum atomic E-state index is -1.16. The van der Waals surface area contributed by atoms with Gasteiger partial charge in [0, 0.05) is 10.6 Å². The molecule has 0 fully saturated rings. The quantitative estimate of drug-likeness (QED) is 0.801. The van der Waals surface area contributed by atoms with E-state index >= 15 is 0 Å². The predicted octanol–water partition coefficient (Wildman–Crippen LogP) is 3.76. The molecule has 0 radical (unpaired) electrons. The Bertz CT molecular complexity index is 695. The first-order valence-corrected chi connectivity index (χ1v) is 7.11. The first-order chi connectivity index (χ1) is 9.86. The zero-order valence-corrected chi connectivity index (χ0v) is 12.8. The topological polar surface area (TPSA) is 91.3 Å². The van der Waals surface area contributed by atoms with E-state index in [-0.39, 0.29) is 10.6 Å². The number of carbonyl (C=O) groups is 2. The summed E-state index contributed by atoms with van der Waals surface area (Å²) >= 11 is 7.13. The van der Waals surface area contributed by atoms with Crippen molar-refractivity contribution in [3.05, 3.63) is 39.4 Å². The van der Waals surface area contributed by atoms with Gasteiger partial charge in [0.25, 0.3) is 0 Å². The van der Waals surface area contributed by atoms with Gasteiger partial charge in [0.15, 0.2) is 5.13 Å². The van der Waals surface area contributed by atoms with Gasteiger partial charge in [-0.1, -0.05) is 11.6 Å². The number of carboxylic acids is 1. The third-order valence-electron chi connectivity index (χ3n) is 2.70. The maximum Gasteiger partial charge on any atom is 0.337 e. The Hall–Kier alpha value is -2.12. The van der Waals surface area contributed by atoms with Gasteiger partial charge < -0.3 is 10.4 Å². The average molecular weight is 326 g/mol. The lowest BCUT2D eigenvalue weighted by Gasteiger charge is -2.07. The summed E-state index contributed by atoms with van der Waals surface area (Å²) in [6.07, 6.45) is 0. The van der Waals surface area contributed by atoms with E-state index in [0.29, 0.717) is 10.8 Å². The fourth-order valence-electron chi connectivity index (χ4n) is 1.55. The van der Waals surface area contributed by atoms with E-state index in [1.54, 1.807) is 0 Å². The number of carboxylic acid groups (broad SMARTS) is 1. The Morgan fingerprint density at radius 1 is 1.29 bits per heavy atom. The fraction of sp³-hybridized carbons (Fsp3) is 0.154. The van der Waals surface area contributed by atoms with Crippen molar-refractivity contribution in [2.75, 3.05) is 10.6 Å². The van der Waals surface area contributed by atoms with Crippen molar-refractivity contribution < 1.29 is 14.7 Å². The first kappa shape index (κ1) is 15.3. The summed E-state index contributed by atoms with van der Waals surface area (Å²) in [5.41, 5.74) is 1.12. The molecule has 0 saturated heterocycles. The number of aromatic nitrogens is 1. The maximum atomic E-state index is 11.8. The number of nitrogens with zero attached hydrogens (tertiary/aromatic N) is 1. The SMILES string of the molecule is Cc1nc(NC(=O)Nc2ccc(Cl)c(C(=O)O)c2)sc1C. The van der Waals surface area contributed by atoms with Crippen LogP contribution in [0.1, 0.15) is 20.9 Å². The van der Waals surface area contributed by atoms with Gasteiger partial charge in [-0.2, -0.15) is 0 Å². The summed E-state index contributed by atoms with van der Waals surface area (Å²) in [5.74, 6) is -1.16. The van der Waals surface area contributed by atoms with Gasteiger partial charge in [-0.25, -0.2) is 14.6 Å². The van der Waals surface area contributed by atoms with E-state index in [4.69, 9.17) is 16.7 Å². The Labute approximate surface area is 129 Å². The molecule has 0 aliphatic heterocycles. The van der Waals surface area contributed by atoms with Gasteiger partial charge in [-0.15, -0.1) is 11.3 Å². The number of aromatic carboxylic acids is 1. The highest BCUT2D eigenvalue weighted by molar-refractivity contribution is 7.15. The Morgan fingerprint density at radius 2 is 2.00 bits per heavy atom. The number of thiazole rings is 1. The summed E-state index contributed by atoms with van der Waals surface area (Å²) in [4.78, 5) is 28.0. The second-order valence-electron chi connectivity index (χ2n) is 4.24. The molecule has 2 aromatic rings. The Balaban J connectivity index is 2.09. The summed E-state index contributed by atoms with van der Waals surface area (Å²) in [6.45, 7) is 3.77. The predicted molar refractivity (Wildman–Crippen MR) is 82.6 cm³/mol. The number of aryl methyl sites for hydroxylation is 2. The molecule has 1 aromatic carbocycles. The van der Waals surface area contributed by atoms with Gasteiger partial charge in [0.1, 0.15) is 0 Å². The molecule has 0 saturated carbocycles. The van der Waals surface area contributed by atoms with E-state index in [0.717, 1.165) is 10.6 Å². The minimum absolute atomic E-state index is 0.0737. The lowest BCUT2D eigenvalue weighted by Crippen LogP contribution is -2.19. The number of halogens is 1. The molecular formula is C13H12ClN3O3S. The van der Waals surface area contributed by atoms with Crippen LogP contribution in [0.4, 0.5) is 15.6 Å². The fourth-order valence-corrected chi connectivity index (χ4v) is 2.56. The lowest BCUT2D eigenvalue weighted by molar-refractivity contribution is 0.0697. The highest BCUT2D eigenvalue weighted by atomic mass is 35.5. The summed E-state index contributed by atoms with van der Waals surface area (Å²) in [7, 11) is 0. The molecule has 2 amide bonds. The molecule has 0 unspecified atom stereocenters. The first-order valence-electron chi connectivity index (χ1n) is 5.91. The van der Waals surface area contributed by atoms with E-state index in [2.05, 4.69) is 15.6 Å². The van der Waals surface area contributed by atoms with Crippen LogP contribution in [-0.4, -0.2) is 22.1 Å². The van der Waals surface area contributed by atoms with Crippen LogP contribution in [0.2, 0.25) is 5.02 Å². The molecule has 1 aromatic heterocycles. The van der Waals surface area contributed by atoms with Crippen molar-refractivity contribution in [1.82, 2.24) is 4.98 Å². The second-order valence-corrected chi connectivity index (χ2v) is 5.85. The molecule has 0 aliphatic carbocycles. The van der Waals surface area contributed by atoms with Crippen molar-refractivity contribution in [3.8, 4) is 0 Å². The van der Waals surface area contributed by atoms with E-state index in [9.17, 15) is 9.59 Å². The van der Waals surface area contributed by atoms with Crippen LogP contribution >= 0.6 is 22.9 Å². The molecular weight excluding hydrogens is 314 g/mol. The number of anilines is 2. The number of benzene rings is 1. The standard InChI is InChI=1S/C13H12ClN3O3S/c1-6-7(2)21-13(15-6)17-12(20)16-8-3-4-10(14)9(5-8)11(18)19/h3-5H,1-2H3,(H,18,19)(H2,15,16,17,20). The Kier molecular flexibility index (Phi) is 4.44. The van der Waals surface area contributed by atoms with Crippen molar-refractivity contribution in [3.63, 3.8) is 0 Å². The van der Waals surface area contributed by atoms with Gasteiger partial charge >= 0.3 is 12.0 Å². The number of nitrogens with one attached hydrogen (secondary N) is 2. The molecule has 21 heavy (non-hydrogen) atoms. The average Bonchev–Trinajstić information content (AvgIpc) is 2.70. The smallest absolute Gasteiger partial charge is 0.337 e. The molecule has 6 nitrogen and oxygen atoms in total. The van der Waals surface area contributed by atoms with Crippen LogP contribution in [0.5, 0.6) is 0 Å². The van der Waals surface area contributed by atoms with Gasteiger partial charge in [-0.05, 0) is 32.0 Å². The number of hydrogen-bond donors (Lipinski definition) is 3. The van der Waals surface area contributed by atoms with Crippen molar-refractivity contribution in [2.45, 2.75) is 13.8 Å². The zero-order valence-electron chi connectivity index (χ0n) is 11.2. The summed E-state index contributed by atoms with van der Waals surface area (Å²) in [6, 6.07) is 3.73. The van der Waals surface area contributed by atoms with E-state index < -0.39 is 12.0 Å². The molecule has 0 bridgehead atoms. The van der Waals surface area contributed by atoms with Crippen molar-refractivity contribution >= 4 is 45.8 Å². The molecule has 0 aliphatic rings. The largest absolute Gasteiger partial charge is 0.478 e. The van der Waals surface area contributed by atoms with Gasteiger partial charge in [0.2, 0.25) is 0 Å². The van der Waals surface area contributed by atoms with Crippen LogP contribution in [0, 0.1) is 13.8 Å². The molecule has 1 heterocycles. The summed E-state index contributed by atoms with van der Waals surface area (Å²) in [5, 5.41) is 14.7. The van der Waals surface area contributed by atoms with Crippen LogP contribution in [0.15, 0.2) is 18.2 Å². The summed E-state index contributed by atoms with van der Waals surface area (Å²) < 4.78 is 0. The van der Waals surface area contributed by atoms with Gasteiger partial charge in [-0.3, -0.25) is 5.32 Å². The molecule has 3 N–H and O–H groups in total. The van der Waals surface area contributed by atoms with E-state index in [1.165, 1.54) is 29.5 Å². The number of hydrogen-bond acceptors (Lipinski definition) is 4. The van der Waals surface area contributed by atoms with E-state index in [1.807, 2.05) is 13.8 Å².